The van der Waals surface area contributed by atoms with E-state index in [0.717, 1.165) is 16.5 Å². The molecule has 0 spiro atoms. The molecule has 0 radical (unpaired) electrons. The zero-order valence-corrected chi connectivity index (χ0v) is 12.5. The Bertz CT molecular complexity index is 894. The quantitative estimate of drug-likeness (QED) is 0.808. The summed E-state index contributed by atoms with van der Waals surface area (Å²) < 4.78 is 26.8. The lowest BCUT2D eigenvalue weighted by molar-refractivity contribution is 0.589. The van der Waals surface area contributed by atoms with Gasteiger partial charge in [0.25, 0.3) is 10.0 Å². The molecule has 4 nitrogen and oxygen atoms in total. The molecule has 0 saturated carbocycles. The van der Waals surface area contributed by atoms with Gasteiger partial charge in [0.2, 0.25) is 0 Å². The summed E-state index contributed by atoms with van der Waals surface area (Å²) in [6.07, 6.45) is 1.58. The van der Waals surface area contributed by atoms with E-state index < -0.39 is 10.0 Å². The first-order valence-corrected chi connectivity index (χ1v) is 8.09. The maximum absolute atomic E-state index is 12.8. The molecule has 2 aromatic carbocycles. The number of nitrogens with zero attached hydrogens (tertiary/aromatic N) is 1. The summed E-state index contributed by atoms with van der Waals surface area (Å²) in [5.41, 5.74) is 8.31. The van der Waals surface area contributed by atoms with Crippen LogP contribution in [0.25, 0.3) is 10.9 Å². The van der Waals surface area contributed by atoms with Crippen LogP contribution in [-0.2, 0) is 16.6 Å². The van der Waals surface area contributed by atoms with Gasteiger partial charge in [-0.05, 0) is 36.8 Å². The van der Waals surface area contributed by atoms with Crippen LogP contribution in [0.5, 0.6) is 0 Å². The molecule has 0 atom stereocenters. The minimum Gasteiger partial charge on any atom is -0.326 e. The van der Waals surface area contributed by atoms with Crippen molar-refractivity contribution in [1.82, 2.24) is 3.97 Å². The maximum Gasteiger partial charge on any atom is 0.268 e. The Morgan fingerprint density at radius 1 is 1.05 bits per heavy atom. The molecule has 2 N–H and O–H groups in total. The summed E-state index contributed by atoms with van der Waals surface area (Å²) in [6, 6.07) is 14.2. The normalized spacial score (nSPS) is 11.9. The van der Waals surface area contributed by atoms with E-state index in [9.17, 15) is 8.42 Å². The summed E-state index contributed by atoms with van der Waals surface area (Å²) in [5.74, 6) is 0. The predicted octanol–water partition coefficient (Wildman–Crippen LogP) is 2.65. The van der Waals surface area contributed by atoms with E-state index in [1.165, 1.54) is 3.97 Å². The van der Waals surface area contributed by atoms with Crippen LogP contribution in [0.1, 0.15) is 11.1 Å². The van der Waals surface area contributed by atoms with Crippen LogP contribution >= 0.6 is 0 Å². The molecule has 21 heavy (non-hydrogen) atoms. The van der Waals surface area contributed by atoms with E-state index in [1.807, 2.05) is 19.1 Å². The van der Waals surface area contributed by atoms with E-state index in [1.54, 1.807) is 42.6 Å². The van der Waals surface area contributed by atoms with E-state index in [-0.39, 0.29) is 4.90 Å². The average molecular weight is 300 g/mol. The van der Waals surface area contributed by atoms with Gasteiger partial charge in [0.1, 0.15) is 0 Å². The molecule has 108 valence electrons. The first kappa shape index (κ1) is 13.9. The van der Waals surface area contributed by atoms with Gasteiger partial charge in [-0.1, -0.05) is 29.8 Å². The second kappa shape index (κ2) is 5.02. The van der Waals surface area contributed by atoms with Crippen molar-refractivity contribution in [2.75, 3.05) is 0 Å². The first-order valence-electron chi connectivity index (χ1n) is 6.65. The fraction of sp³-hybridized carbons (Fsp3) is 0.125. The van der Waals surface area contributed by atoms with Gasteiger partial charge in [-0.3, -0.25) is 0 Å². The standard InChI is InChI=1S/C16H16N2O2S/c1-12-5-7-14(8-6-12)21(19,20)18-10-9-15-13(11-17)3-2-4-16(15)18/h2-10H,11,17H2,1H3. The van der Waals surface area contributed by atoms with E-state index in [0.29, 0.717) is 12.1 Å². The molecule has 0 saturated heterocycles. The Morgan fingerprint density at radius 3 is 2.43 bits per heavy atom. The van der Waals surface area contributed by atoms with Gasteiger partial charge in [-0.2, -0.15) is 0 Å². The molecular weight excluding hydrogens is 284 g/mol. The third-order valence-electron chi connectivity index (χ3n) is 3.59. The monoisotopic (exact) mass is 300 g/mol. The third kappa shape index (κ3) is 2.24. The van der Waals surface area contributed by atoms with E-state index >= 15 is 0 Å². The van der Waals surface area contributed by atoms with Crippen LogP contribution in [0.4, 0.5) is 0 Å². The van der Waals surface area contributed by atoms with Crippen LogP contribution in [0.3, 0.4) is 0 Å². The number of hydrogen-bond donors (Lipinski definition) is 1. The van der Waals surface area contributed by atoms with Crippen molar-refractivity contribution in [2.45, 2.75) is 18.4 Å². The van der Waals surface area contributed by atoms with Crippen molar-refractivity contribution < 1.29 is 8.42 Å². The van der Waals surface area contributed by atoms with Gasteiger partial charge in [0.15, 0.2) is 0 Å². The molecule has 3 rings (SSSR count). The molecule has 5 heteroatoms. The fourth-order valence-electron chi connectivity index (χ4n) is 2.42. The van der Waals surface area contributed by atoms with E-state index in [2.05, 4.69) is 0 Å². The van der Waals surface area contributed by atoms with Crippen molar-refractivity contribution in [2.24, 2.45) is 5.73 Å². The molecule has 0 aliphatic carbocycles. The topological polar surface area (TPSA) is 65.1 Å². The summed E-state index contributed by atoms with van der Waals surface area (Å²) in [5, 5.41) is 0.871. The van der Waals surface area contributed by atoms with Crippen molar-refractivity contribution >= 4 is 20.9 Å². The third-order valence-corrected chi connectivity index (χ3v) is 5.29. The van der Waals surface area contributed by atoms with Gasteiger partial charge in [-0.25, -0.2) is 12.4 Å². The number of rotatable bonds is 3. The number of nitrogens with two attached hydrogens (primary N) is 1. The van der Waals surface area contributed by atoms with Gasteiger partial charge in [0, 0.05) is 18.1 Å². The van der Waals surface area contributed by atoms with Crippen LogP contribution in [0.15, 0.2) is 59.6 Å². The fourth-order valence-corrected chi connectivity index (χ4v) is 3.76. The number of hydrogen-bond acceptors (Lipinski definition) is 3. The minimum absolute atomic E-state index is 0.281. The van der Waals surface area contributed by atoms with Crippen molar-refractivity contribution in [3.05, 3.63) is 65.9 Å². The van der Waals surface area contributed by atoms with Crippen LogP contribution in [0, 0.1) is 6.92 Å². The Hall–Kier alpha value is -2.11. The van der Waals surface area contributed by atoms with Gasteiger partial charge >= 0.3 is 0 Å². The first-order chi connectivity index (χ1) is 10.0. The maximum atomic E-state index is 12.8. The van der Waals surface area contributed by atoms with Crippen LogP contribution < -0.4 is 5.73 Å². The molecule has 0 aliphatic heterocycles. The Balaban J connectivity index is 2.22. The lowest BCUT2D eigenvalue weighted by Gasteiger charge is -2.08. The van der Waals surface area contributed by atoms with Crippen LogP contribution in [-0.4, -0.2) is 12.4 Å². The zero-order chi connectivity index (χ0) is 15.0. The zero-order valence-electron chi connectivity index (χ0n) is 11.7. The summed E-state index contributed by atoms with van der Waals surface area (Å²) in [4.78, 5) is 0.281. The lowest BCUT2D eigenvalue weighted by atomic mass is 10.1. The molecule has 0 fully saturated rings. The molecular formula is C16H16N2O2S. The number of benzene rings is 2. The summed E-state index contributed by atoms with van der Waals surface area (Å²) in [7, 11) is -3.59. The number of fused-ring (bicyclic) bond motifs is 1. The van der Waals surface area contributed by atoms with Crippen molar-refractivity contribution in [1.29, 1.82) is 0 Å². The molecule has 0 bridgehead atoms. The Labute approximate surface area is 123 Å². The number of aryl methyl sites for hydroxylation is 1. The SMILES string of the molecule is Cc1ccc(S(=O)(=O)n2ccc3c(CN)cccc32)cc1. The Morgan fingerprint density at radius 2 is 1.76 bits per heavy atom. The van der Waals surface area contributed by atoms with Crippen molar-refractivity contribution in [3.63, 3.8) is 0 Å². The van der Waals surface area contributed by atoms with Crippen molar-refractivity contribution in [3.8, 4) is 0 Å². The minimum atomic E-state index is -3.59. The average Bonchev–Trinajstić information content (AvgIpc) is 2.92. The largest absolute Gasteiger partial charge is 0.326 e. The highest BCUT2D eigenvalue weighted by Crippen LogP contribution is 2.24. The molecule has 0 aliphatic rings. The highest BCUT2D eigenvalue weighted by molar-refractivity contribution is 7.90. The predicted molar refractivity (Wildman–Crippen MR) is 83.6 cm³/mol. The smallest absolute Gasteiger partial charge is 0.268 e. The van der Waals surface area contributed by atoms with Crippen LogP contribution in [0.2, 0.25) is 0 Å². The lowest BCUT2D eigenvalue weighted by Crippen LogP contribution is -2.11. The molecule has 0 amide bonds. The van der Waals surface area contributed by atoms with Gasteiger partial charge in [0.05, 0.1) is 10.4 Å². The highest BCUT2D eigenvalue weighted by Gasteiger charge is 2.19. The Kier molecular flexibility index (Phi) is 3.31. The van der Waals surface area contributed by atoms with Gasteiger partial charge < -0.3 is 5.73 Å². The number of aromatic nitrogens is 1. The van der Waals surface area contributed by atoms with Gasteiger partial charge in [-0.15, -0.1) is 0 Å². The summed E-state index contributed by atoms with van der Waals surface area (Å²) in [6.45, 7) is 2.31. The molecule has 1 aromatic heterocycles. The second-order valence-corrected chi connectivity index (χ2v) is 6.80. The van der Waals surface area contributed by atoms with E-state index in [4.69, 9.17) is 5.73 Å². The molecule has 1 heterocycles. The summed E-state index contributed by atoms with van der Waals surface area (Å²) >= 11 is 0. The highest BCUT2D eigenvalue weighted by atomic mass is 32.2. The molecule has 3 aromatic rings. The molecule has 0 unspecified atom stereocenters. The second-order valence-electron chi connectivity index (χ2n) is 4.98.